The molecule has 5 heteroatoms. The van der Waals surface area contributed by atoms with E-state index in [1.54, 1.807) is 24.3 Å². The zero-order chi connectivity index (χ0) is 18.4. The van der Waals surface area contributed by atoms with Crippen molar-refractivity contribution in [3.63, 3.8) is 0 Å². The van der Waals surface area contributed by atoms with Crippen LogP contribution in [0, 0.1) is 22.9 Å². The van der Waals surface area contributed by atoms with Gasteiger partial charge in [0.2, 0.25) is 0 Å². The predicted octanol–water partition coefficient (Wildman–Crippen LogP) is 2.91. The van der Waals surface area contributed by atoms with Crippen molar-refractivity contribution in [1.82, 2.24) is 5.32 Å². The SMILES string of the molecule is C[Si](C)(C)C#CC(C#C[Si](C)(C)C)(CO)NC(=O)c1ccccc1. The number of aliphatic hydroxyl groups excluding tert-OH is 1. The van der Waals surface area contributed by atoms with Crippen LogP contribution in [-0.4, -0.2) is 39.3 Å². The molecule has 1 aromatic carbocycles. The first-order valence-electron chi connectivity index (χ1n) is 8.03. The van der Waals surface area contributed by atoms with Crippen LogP contribution in [0.1, 0.15) is 10.4 Å². The van der Waals surface area contributed by atoms with Crippen LogP contribution in [0.3, 0.4) is 0 Å². The summed E-state index contributed by atoms with van der Waals surface area (Å²) in [7, 11) is -3.34. The molecule has 0 bridgehead atoms. The molecule has 0 fully saturated rings. The fourth-order valence-corrected chi connectivity index (χ4v) is 2.83. The van der Waals surface area contributed by atoms with Gasteiger partial charge in [-0.3, -0.25) is 4.79 Å². The van der Waals surface area contributed by atoms with E-state index in [1.807, 2.05) is 6.07 Å². The highest BCUT2D eigenvalue weighted by Crippen LogP contribution is 2.09. The van der Waals surface area contributed by atoms with E-state index < -0.39 is 21.7 Å². The molecule has 0 radical (unpaired) electrons. The van der Waals surface area contributed by atoms with Crippen molar-refractivity contribution in [3.05, 3.63) is 35.9 Å². The number of rotatable bonds is 3. The molecule has 0 unspecified atom stereocenters. The smallest absolute Gasteiger partial charge is 0.253 e. The second-order valence-electron chi connectivity index (χ2n) is 7.88. The molecule has 0 heterocycles. The monoisotopic (exact) mass is 357 g/mol. The van der Waals surface area contributed by atoms with Crippen molar-refractivity contribution in [2.24, 2.45) is 0 Å². The van der Waals surface area contributed by atoms with E-state index in [0.29, 0.717) is 5.56 Å². The minimum atomic E-state index is -1.67. The maximum Gasteiger partial charge on any atom is 0.253 e. The Kier molecular flexibility index (Phi) is 6.62. The van der Waals surface area contributed by atoms with Crippen molar-refractivity contribution >= 4 is 22.1 Å². The van der Waals surface area contributed by atoms with Crippen LogP contribution in [0.5, 0.6) is 0 Å². The van der Waals surface area contributed by atoms with Crippen LogP contribution >= 0.6 is 0 Å². The summed E-state index contributed by atoms with van der Waals surface area (Å²) in [5.74, 6) is 5.87. The van der Waals surface area contributed by atoms with Crippen LogP contribution in [0.15, 0.2) is 30.3 Å². The Morgan fingerprint density at radius 3 is 1.83 bits per heavy atom. The largest absolute Gasteiger partial charge is 0.392 e. The summed E-state index contributed by atoms with van der Waals surface area (Å²) < 4.78 is 0. The van der Waals surface area contributed by atoms with Gasteiger partial charge >= 0.3 is 0 Å². The summed E-state index contributed by atoms with van der Waals surface area (Å²) in [5, 5.41) is 12.8. The Morgan fingerprint density at radius 2 is 1.46 bits per heavy atom. The third-order valence-electron chi connectivity index (χ3n) is 2.90. The van der Waals surface area contributed by atoms with Gasteiger partial charge in [-0.25, -0.2) is 0 Å². The van der Waals surface area contributed by atoms with E-state index >= 15 is 0 Å². The molecular formula is C19H27NO2Si2. The van der Waals surface area contributed by atoms with Crippen LogP contribution in [0.4, 0.5) is 0 Å². The molecule has 0 aliphatic carbocycles. The molecule has 0 aliphatic heterocycles. The fourth-order valence-electron chi connectivity index (χ4n) is 1.66. The summed E-state index contributed by atoms with van der Waals surface area (Å²) >= 11 is 0. The van der Waals surface area contributed by atoms with Gasteiger partial charge < -0.3 is 10.4 Å². The van der Waals surface area contributed by atoms with E-state index in [-0.39, 0.29) is 12.5 Å². The van der Waals surface area contributed by atoms with Gasteiger partial charge in [0.15, 0.2) is 5.54 Å². The van der Waals surface area contributed by atoms with Gasteiger partial charge in [0.1, 0.15) is 16.1 Å². The third kappa shape index (κ3) is 7.18. The summed E-state index contributed by atoms with van der Waals surface area (Å²) in [4.78, 5) is 12.5. The van der Waals surface area contributed by atoms with Gasteiger partial charge in [-0.1, -0.05) is 69.3 Å². The topological polar surface area (TPSA) is 49.3 Å². The first kappa shape index (κ1) is 20.2. The number of nitrogens with one attached hydrogen (secondary N) is 1. The van der Waals surface area contributed by atoms with E-state index in [9.17, 15) is 9.90 Å². The van der Waals surface area contributed by atoms with Gasteiger partial charge in [-0.15, -0.1) is 11.1 Å². The molecule has 0 aliphatic rings. The maximum atomic E-state index is 12.5. The molecule has 0 atom stereocenters. The summed E-state index contributed by atoms with van der Waals surface area (Å²) in [5.41, 5.74) is 5.78. The zero-order valence-corrected chi connectivity index (χ0v) is 17.4. The number of amides is 1. The molecule has 0 saturated carbocycles. The lowest BCUT2D eigenvalue weighted by molar-refractivity contribution is 0.0911. The molecule has 24 heavy (non-hydrogen) atoms. The van der Waals surface area contributed by atoms with Gasteiger partial charge in [0.25, 0.3) is 5.91 Å². The number of carbonyl (C=O) groups is 1. The minimum absolute atomic E-state index is 0.278. The molecule has 1 rings (SSSR count). The minimum Gasteiger partial charge on any atom is -0.392 e. The molecule has 3 nitrogen and oxygen atoms in total. The van der Waals surface area contributed by atoms with Crippen LogP contribution < -0.4 is 5.32 Å². The lowest BCUT2D eigenvalue weighted by Gasteiger charge is -2.23. The van der Waals surface area contributed by atoms with Crippen molar-refractivity contribution in [2.45, 2.75) is 44.8 Å². The Balaban J connectivity index is 3.27. The zero-order valence-electron chi connectivity index (χ0n) is 15.4. The maximum absolute atomic E-state index is 12.5. The van der Waals surface area contributed by atoms with Crippen molar-refractivity contribution in [2.75, 3.05) is 6.61 Å². The number of hydrogen-bond donors (Lipinski definition) is 2. The Hall–Kier alpha value is -1.80. The molecule has 2 N–H and O–H groups in total. The number of hydrogen-bond acceptors (Lipinski definition) is 2. The third-order valence-corrected chi connectivity index (χ3v) is 4.65. The lowest BCUT2D eigenvalue weighted by atomic mass is 10.0. The first-order valence-corrected chi connectivity index (χ1v) is 15.0. The molecule has 0 aromatic heterocycles. The van der Waals surface area contributed by atoms with Gasteiger partial charge in [0, 0.05) is 5.56 Å². The van der Waals surface area contributed by atoms with E-state index in [1.165, 1.54) is 0 Å². The van der Waals surface area contributed by atoms with Crippen LogP contribution in [0.25, 0.3) is 0 Å². The van der Waals surface area contributed by atoms with Gasteiger partial charge in [-0.2, -0.15) is 0 Å². The molecule has 128 valence electrons. The highest BCUT2D eigenvalue weighted by molar-refractivity contribution is 6.84. The Labute approximate surface area is 147 Å². The van der Waals surface area contributed by atoms with E-state index in [2.05, 4.69) is 67.5 Å². The van der Waals surface area contributed by atoms with E-state index in [4.69, 9.17) is 0 Å². The second-order valence-corrected chi connectivity index (χ2v) is 17.4. The first-order chi connectivity index (χ1) is 11.0. The quantitative estimate of drug-likeness (QED) is 0.645. The van der Waals surface area contributed by atoms with Gasteiger partial charge in [-0.05, 0) is 12.1 Å². The van der Waals surface area contributed by atoms with Crippen molar-refractivity contribution in [3.8, 4) is 22.9 Å². The molecule has 1 aromatic rings. The average Bonchev–Trinajstić information content (AvgIpc) is 2.49. The highest BCUT2D eigenvalue weighted by atomic mass is 28.3. The molecular weight excluding hydrogens is 330 g/mol. The molecule has 0 saturated heterocycles. The van der Waals surface area contributed by atoms with Gasteiger partial charge in [0.05, 0.1) is 6.61 Å². The average molecular weight is 358 g/mol. The van der Waals surface area contributed by atoms with E-state index in [0.717, 1.165) is 0 Å². The van der Waals surface area contributed by atoms with Crippen LogP contribution in [0.2, 0.25) is 39.3 Å². The number of benzene rings is 1. The standard InChI is InChI=1S/C19H27NO2Si2/c1-23(2,3)14-12-19(16-21,13-15-24(4,5)6)20-18(22)17-10-8-7-9-11-17/h7-11,21H,16H2,1-6H3,(H,20,22). The predicted molar refractivity (Wildman–Crippen MR) is 106 cm³/mol. The second kappa shape index (κ2) is 7.85. The summed E-state index contributed by atoms with van der Waals surface area (Å²) in [6, 6.07) is 8.92. The normalized spacial score (nSPS) is 11.6. The summed E-state index contributed by atoms with van der Waals surface area (Å²) in [6.45, 7) is 12.4. The van der Waals surface area contributed by atoms with Crippen molar-refractivity contribution in [1.29, 1.82) is 0 Å². The summed E-state index contributed by atoms with van der Waals surface area (Å²) in [6.07, 6.45) is 0. The molecule has 0 spiro atoms. The fraction of sp³-hybridized carbons (Fsp3) is 0.421. The number of aliphatic hydroxyl groups is 1. The number of carbonyl (C=O) groups excluding carboxylic acids is 1. The van der Waals surface area contributed by atoms with Crippen molar-refractivity contribution < 1.29 is 9.90 Å². The highest BCUT2D eigenvalue weighted by Gasteiger charge is 2.29. The lowest BCUT2D eigenvalue weighted by Crippen LogP contribution is -2.50. The van der Waals surface area contributed by atoms with Crippen LogP contribution in [-0.2, 0) is 0 Å². The molecule has 1 amide bonds. The Bertz CT molecular complexity index is 661. The Morgan fingerprint density at radius 1 is 1.00 bits per heavy atom.